The van der Waals surface area contributed by atoms with E-state index in [1.165, 1.54) is 12.8 Å². The van der Waals surface area contributed by atoms with Crippen LogP contribution in [0.4, 0.5) is 4.79 Å². The Morgan fingerprint density at radius 3 is 2.50 bits per heavy atom. The van der Waals surface area contributed by atoms with Crippen molar-refractivity contribution in [2.45, 2.75) is 45.1 Å². The highest BCUT2D eigenvalue weighted by atomic mass is 16.4. The number of hydrogen-bond donors (Lipinski definition) is 2. The number of carboxylic acid groups (broad SMARTS) is 1. The highest BCUT2D eigenvalue weighted by Crippen LogP contribution is 2.48. The van der Waals surface area contributed by atoms with E-state index in [0.717, 1.165) is 25.8 Å². The average Bonchev–Trinajstić information content (AvgIpc) is 3.01. The molecule has 3 aliphatic carbocycles. The van der Waals surface area contributed by atoms with Crippen LogP contribution in [0.2, 0.25) is 0 Å². The van der Waals surface area contributed by atoms with Crippen molar-refractivity contribution in [3.05, 3.63) is 0 Å². The number of carboxylic acids is 1. The second kappa shape index (κ2) is 5.26. The normalized spacial score (nSPS) is 35.0. The van der Waals surface area contributed by atoms with E-state index in [4.69, 9.17) is 0 Å². The summed E-state index contributed by atoms with van der Waals surface area (Å²) in [5.74, 6) is 0.173. The quantitative estimate of drug-likeness (QED) is 0.808. The monoisotopic (exact) mass is 280 g/mol. The van der Waals surface area contributed by atoms with E-state index in [1.807, 2.05) is 11.8 Å². The largest absolute Gasteiger partial charge is 0.481 e. The SMILES string of the molecule is CCN(CC1CC1)C(=O)NC1C2CCC(C2)C1C(=O)O. The van der Waals surface area contributed by atoms with Crippen LogP contribution >= 0.6 is 0 Å². The van der Waals surface area contributed by atoms with Gasteiger partial charge in [-0.1, -0.05) is 0 Å². The zero-order valence-electron chi connectivity index (χ0n) is 12.0. The Morgan fingerprint density at radius 2 is 1.90 bits per heavy atom. The minimum Gasteiger partial charge on any atom is -0.481 e. The zero-order chi connectivity index (χ0) is 14.3. The van der Waals surface area contributed by atoms with Crippen molar-refractivity contribution in [1.82, 2.24) is 10.2 Å². The average molecular weight is 280 g/mol. The Bertz CT molecular complexity index is 408. The first-order chi connectivity index (χ1) is 9.60. The predicted molar refractivity (Wildman–Crippen MR) is 74.2 cm³/mol. The summed E-state index contributed by atoms with van der Waals surface area (Å²) in [6.07, 6.45) is 5.48. The van der Waals surface area contributed by atoms with Crippen LogP contribution in [-0.2, 0) is 4.79 Å². The molecule has 0 heterocycles. The van der Waals surface area contributed by atoms with Crippen LogP contribution in [-0.4, -0.2) is 41.1 Å². The third-order valence-electron chi connectivity index (χ3n) is 5.34. The molecule has 2 amide bonds. The molecule has 4 atom stereocenters. The highest BCUT2D eigenvalue weighted by molar-refractivity contribution is 5.77. The Morgan fingerprint density at radius 1 is 1.20 bits per heavy atom. The van der Waals surface area contributed by atoms with E-state index in [1.54, 1.807) is 0 Å². The van der Waals surface area contributed by atoms with Gasteiger partial charge in [0.15, 0.2) is 0 Å². The van der Waals surface area contributed by atoms with Crippen LogP contribution in [0, 0.1) is 23.7 Å². The molecular formula is C15H24N2O3. The Hall–Kier alpha value is -1.26. The van der Waals surface area contributed by atoms with E-state index in [-0.39, 0.29) is 23.9 Å². The molecule has 3 saturated carbocycles. The predicted octanol–water partition coefficient (Wildman–Crippen LogP) is 1.93. The van der Waals surface area contributed by atoms with Crippen molar-refractivity contribution in [2.24, 2.45) is 23.7 Å². The molecule has 112 valence electrons. The fourth-order valence-corrected chi connectivity index (χ4v) is 4.06. The summed E-state index contributed by atoms with van der Waals surface area (Å²) < 4.78 is 0. The summed E-state index contributed by atoms with van der Waals surface area (Å²) in [7, 11) is 0. The van der Waals surface area contributed by atoms with Gasteiger partial charge in [-0.3, -0.25) is 4.79 Å². The van der Waals surface area contributed by atoms with Crippen molar-refractivity contribution in [1.29, 1.82) is 0 Å². The molecule has 5 heteroatoms. The highest BCUT2D eigenvalue weighted by Gasteiger charge is 2.51. The number of rotatable bonds is 5. The van der Waals surface area contributed by atoms with Crippen LogP contribution in [0.15, 0.2) is 0 Å². The molecule has 0 saturated heterocycles. The molecule has 2 N–H and O–H groups in total. The first-order valence-electron chi connectivity index (χ1n) is 7.88. The fourth-order valence-electron chi connectivity index (χ4n) is 4.06. The molecule has 0 aromatic heterocycles. The second-order valence-electron chi connectivity index (χ2n) is 6.65. The number of carbonyl (C=O) groups is 2. The summed E-state index contributed by atoms with van der Waals surface area (Å²) in [6, 6.07) is -0.227. The summed E-state index contributed by atoms with van der Waals surface area (Å²) in [5.41, 5.74) is 0. The number of nitrogens with zero attached hydrogens (tertiary/aromatic N) is 1. The lowest BCUT2D eigenvalue weighted by Crippen LogP contribution is -2.51. The first-order valence-corrected chi connectivity index (χ1v) is 7.88. The number of fused-ring (bicyclic) bond motifs is 2. The zero-order valence-corrected chi connectivity index (χ0v) is 12.0. The first kappa shape index (κ1) is 13.7. The third-order valence-corrected chi connectivity index (χ3v) is 5.34. The molecule has 0 aliphatic heterocycles. The van der Waals surface area contributed by atoms with Crippen LogP contribution in [0.5, 0.6) is 0 Å². The standard InChI is InChI=1S/C15H24N2O3/c1-2-17(8-9-3-4-9)15(20)16-13-11-6-5-10(7-11)12(13)14(18)19/h9-13H,2-8H2,1H3,(H,16,20)(H,18,19). The Kier molecular flexibility index (Phi) is 3.61. The van der Waals surface area contributed by atoms with Gasteiger partial charge in [-0.25, -0.2) is 4.79 Å². The molecular weight excluding hydrogens is 256 g/mol. The van der Waals surface area contributed by atoms with E-state index in [9.17, 15) is 14.7 Å². The molecule has 3 fully saturated rings. The van der Waals surface area contributed by atoms with Gasteiger partial charge in [-0.05, 0) is 56.8 Å². The molecule has 0 radical (unpaired) electrons. The topological polar surface area (TPSA) is 69.6 Å². The minimum atomic E-state index is -0.743. The molecule has 2 bridgehead atoms. The number of urea groups is 1. The Balaban J connectivity index is 1.63. The van der Waals surface area contributed by atoms with Gasteiger partial charge < -0.3 is 15.3 Å². The van der Waals surface area contributed by atoms with Gasteiger partial charge in [-0.15, -0.1) is 0 Å². The van der Waals surface area contributed by atoms with Gasteiger partial charge in [-0.2, -0.15) is 0 Å². The number of carbonyl (C=O) groups excluding carboxylic acids is 1. The maximum Gasteiger partial charge on any atom is 0.317 e. The van der Waals surface area contributed by atoms with Crippen LogP contribution in [0.25, 0.3) is 0 Å². The molecule has 3 aliphatic rings. The number of nitrogens with one attached hydrogen (secondary N) is 1. The van der Waals surface area contributed by atoms with Crippen LogP contribution in [0.3, 0.4) is 0 Å². The maximum atomic E-state index is 12.4. The van der Waals surface area contributed by atoms with Gasteiger partial charge in [0, 0.05) is 19.1 Å². The van der Waals surface area contributed by atoms with Crippen LogP contribution < -0.4 is 5.32 Å². The maximum absolute atomic E-state index is 12.4. The van der Waals surface area contributed by atoms with E-state index in [0.29, 0.717) is 18.4 Å². The van der Waals surface area contributed by atoms with Crippen LogP contribution in [0.1, 0.15) is 39.0 Å². The number of aliphatic carboxylic acids is 1. The summed E-state index contributed by atoms with van der Waals surface area (Å²) in [4.78, 5) is 25.6. The number of hydrogen-bond acceptors (Lipinski definition) is 2. The molecule has 3 rings (SSSR count). The van der Waals surface area contributed by atoms with Crippen molar-refractivity contribution < 1.29 is 14.7 Å². The fraction of sp³-hybridized carbons (Fsp3) is 0.867. The van der Waals surface area contributed by atoms with E-state index >= 15 is 0 Å². The molecule has 4 unspecified atom stereocenters. The van der Waals surface area contributed by atoms with Crippen molar-refractivity contribution in [2.75, 3.05) is 13.1 Å². The smallest absolute Gasteiger partial charge is 0.317 e. The van der Waals surface area contributed by atoms with Gasteiger partial charge >= 0.3 is 12.0 Å². The second-order valence-corrected chi connectivity index (χ2v) is 6.65. The van der Waals surface area contributed by atoms with Gasteiger partial charge in [0.05, 0.1) is 5.92 Å². The lowest BCUT2D eigenvalue weighted by molar-refractivity contribution is -0.144. The molecule has 0 aromatic rings. The van der Waals surface area contributed by atoms with Gasteiger partial charge in [0.25, 0.3) is 0 Å². The van der Waals surface area contributed by atoms with Crippen molar-refractivity contribution >= 4 is 12.0 Å². The molecule has 5 nitrogen and oxygen atoms in total. The van der Waals surface area contributed by atoms with Crippen molar-refractivity contribution in [3.8, 4) is 0 Å². The summed E-state index contributed by atoms with van der Waals surface area (Å²) >= 11 is 0. The summed E-state index contributed by atoms with van der Waals surface area (Å²) in [6.45, 7) is 3.50. The van der Waals surface area contributed by atoms with Crippen molar-refractivity contribution in [3.63, 3.8) is 0 Å². The van der Waals surface area contributed by atoms with E-state index in [2.05, 4.69) is 5.32 Å². The lowest BCUT2D eigenvalue weighted by Gasteiger charge is -2.31. The molecule has 20 heavy (non-hydrogen) atoms. The number of amides is 2. The minimum absolute atomic E-state index is 0.0665. The molecule has 0 aromatic carbocycles. The van der Waals surface area contributed by atoms with Gasteiger partial charge in [0.1, 0.15) is 0 Å². The Labute approximate surface area is 119 Å². The van der Waals surface area contributed by atoms with E-state index < -0.39 is 5.97 Å². The third kappa shape index (κ3) is 2.50. The van der Waals surface area contributed by atoms with Gasteiger partial charge in [0.2, 0.25) is 0 Å². The molecule has 0 spiro atoms. The summed E-state index contributed by atoms with van der Waals surface area (Å²) in [5, 5.41) is 12.4. The lowest BCUT2D eigenvalue weighted by atomic mass is 9.84.